The van der Waals surface area contributed by atoms with Crippen LogP contribution in [0, 0.1) is 61.7 Å². The Morgan fingerprint density at radius 2 is 0.991 bits per heavy atom. The largest absolute Gasteiger partial charge is 0.379 e. The van der Waals surface area contributed by atoms with E-state index in [1.807, 2.05) is 214 Å². The van der Waals surface area contributed by atoms with Crippen LogP contribution in [-0.2, 0) is 45.9 Å². The number of imidazole rings is 1. The van der Waals surface area contributed by atoms with Gasteiger partial charge in [0, 0.05) is 111 Å². The molecule has 0 spiro atoms. The highest BCUT2D eigenvalue weighted by Gasteiger charge is 2.23. The molecule has 0 saturated carbocycles. The van der Waals surface area contributed by atoms with Crippen LogP contribution in [0.4, 0.5) is 0 Å². The van der Waals surface area contributed by atoms with E-state index in [2.05, 4.69) is 261 Å². The van der Waals surface area contributed by atoms with Crippen molar-refractivity contribution in [1.29, 1.82) is 0 Å². The molecule has 17 nitrogen and oxygen atoms in total. The Kier molecular flexibility index (Phi) is 56.5. The lowest BCUT2D eigenvalue weighted by Crippen LogP contribution is -2.38. The molecule has 0 N–H and O–H groups in total. The van der Waals surface area contributed by atoms with Gasteiger partial charge in [-0.25, -0.2) is 19.6 Å². The van der Waals surface area contributed by atoms with Crippen molar-refractivity contribution in [1.82, 2.24) is 63.5 Å². The third kappa shape index (κ3) is 66.4. The zero-order valence-electron chi connectivity index (χ0n) is 80.5. The van der Waals surface area contributed by atoms with Gasteiger partial charge in [-0.2, -0.15) is 15.3 Å². The molecule has 0 amide bonds. The lowest BCUT2D eigenvalue weighted by molar-refractivity contribution is 0.0359. The molecular weight excluding hydrogens is 1480 g/mol. The van der Waals surface area contributed by atoms with Gasteiger partial charge in [0.2, 0.25) is 0 Å². The molecule has 116 heavy (non-hydrogen) atoms. The fourth-order valence-electron chi connectivity index (χ4n) is 8.91. The third-order valence-electron chi connectivity index (χ3n) is 13.1. The standard InChI is InChI=1S/C16H19NO.C9H15N3O.C9H8N2.C9H15NO.C9H15NS.C7H7N3S.C5H8O.5C5H12.C4H6N2.2C2H6/c1-16(2,3)14-9-10-15(18)17(12-14)11-13-7-5-4-6-8-13;1-2-10-12(3-1)5-4-11-6-8-13-9-7-11;1-2-5-9(6-3-1)11-8-4-7-10-11;1-6-8(9(3,4)5)7(2)11-10-6;1-6-8(9(3,4)5)11-7(2)10-6;1-6-8-2-4-10(6)7-9-3-5-11-7;1-2-4-6-5-3-1;5*1-5(2,3)4;1-6-4-2-3-5-6;2*1-2/h4-10,12H,11H2,1-3H3;1-3H,4-9H2;1-8H;2*1-5H3;2-5H,1H3;1-2H,3-5H2;5*1-4H3;2-4H,1H3;2*1-2H3. The molecule has 0 atom stereocenters. The van der Waals surface area contributed by atoms with Gasteiger partial charge in [0.05, 0.1) is 61.6 Å². The topological polar surface area (TPSA) is 167 Å². The Bertz CT molecular complexity index is 3860. The van der Waals surface area contributed by atoms with Gasteiger partial charge in [-0.1, -0.05) is 300 Å². The predicted molar refractivity (Wildman–Crippen MR) is 503 cm³/mol. The summed E-state index contributed by atoms with van der Waals surface area (Å²) in [4.78, 5) is 28.3. The van der Waals surface area contributed by atoms with Crippen LogP contribution >= 0.6 is 22.7 Å². The van der Waals surface area contributed by atoms with E-state index in [0.29, 0.717) is 33.6 Å². The third-order valence-corrected chi connectivity index (χ3v) is 15.4. The second-order valence-electron chi connectivity index (χ2n) is 38.6. The molecule has 1 saturated heterocycles. The number of hydrogen-bond donors (Lipinski definition) is 0. The molecule has 0 bridgehead atoms. The second-order valence-corrected chi connectivity index (χ2v) is 40.7. The summed E-state index contributed by atoms with van der Waals surface area (Å²) in [6.07, 6.45) is 23.9. The Balaban J connectivity index is -0.00000121. The number of aromatic nitrogens is 12. The second kappa shape index (κ2) is 58.2. The van der Waals surface area contributed by atoms with Crippen molar-refractivity contribution in [2.24, 2.45) is 34.1 Å². The van der Waals surface area contributed by atoms with Crippen LogP contribution in [0.2, 0.25) is 0 Å². The van der Waals surface area contributed by atoms with Crippen molar-refractivity contribution in [3.63, 3.8) is 0 Å². The van der Waals surface area contributed by atoms with Gasteiger partial charge in [0.25, 0.3) is 5.56 Å². The number of ether oxygens (including phenoxy) is 2. The summed E-state index contributed by atoms with van der Waals surface area (Å²) in [5.74, 6) is 1.91. The molecule has 2 aliphatic rings. The minimum absolute atomic E-state index is 0.0480. The first kappa shape index (κ1) is 112. The van der Waals surface area contributed by atoms with E-state index in [1.54, 1.807) is 51.4 Å². The average molecular weight is 1640 g/mol. The summed E-state index contributed by atoms with van der Waals surface area (Å²) in [6.45, 7) is 89.7. The zero-order valence-corrected chi connectivity index (χ0v) is 82.1. The van der Waals surface area contributed by atoms with Crippen LogP contribution in [0.5, 0.6) is 0 Å². The molecule has 12 rings (SSSR count). The monoisotopic (exact) mass is 1640 g/mol. The molecule has 0 unspecified atom stereocenters. The van der Waals surface area contributed by atoms with Gasteiger partial charge in [0.1, 0.15) is 11.6 Å². The van der Waals surface area contributed by atoms with Crippen molar-refractivity contribution in [2.75, 3.05) is 46.1 Å². The summed E-state index contributed by atoms with van der Waals surface area (Å²) in [7, 11) is 1.89. The highest BCUT2D eigenvalue weighted by Crippen LogP contribution is 2.31. The maximum atomic E-state index is 11.9. The van der Waals surface area contributed by atoms with Crippen LogP contribution in [0.3, 0.4) is 0 Å². The number of pyridine rings is 1. The van der Waals surface area contributed by atoms with Gasteiger partial charge in [0.15, 0.2) is 5.13 Å². The van der Waals surface area contributed by atoms with Gasteiger partial charge in [-0.15, -0.1) is 22.7 Å². The van der Waals surface area contributed by atoms with Crippen molar-refractivity contribution in [2.45, 2.75) is 299 Å². The Morgan fingerprint density at radius 1 is 0.483 bits per heavy atom. The van der Waals surface area contributed by atoms with Crippen molar-refractivity contribution < 1.29 is 14.0 Å². The molecule has 10 heterocycles. The lowest BCUT2D eigenvalue weighted by atomic mass is 9.86. The van der Waals surface area contributed by atoms with Crippen LogP contribution < -0.4 is 5.56 Å². The molecule has 2 aliphatic heterocycles. The molecule has 654 valence electrons. The van der Waals surface area contributed by atoms with Gasteiger partial charge in [-0.05, 0) is 126 Å². The SMILES string of the molecule is C1=CCOCC1.CC.CC.CC(C)(C)C.CC(C)(C)C.CC(C)(C)C.CC(C)(C)C.CC(C)(C)C.CC(C)(C)c1ccc(=O)n(Cc2ccccc2)c1.Cc1nc(C)c(C(C)(C)C)s1.Cc1nccn1-c1nccs1.Cc1noc(C)c1C(C)(C)C.Cn1cccn1.c1ccc(-n2cccn2)cc1.c1cnn(CCN2CCOCC2)c1. The smallest absolute Gasteiger partial charge is 0.250 e. The molecule has 19 heteroatoms. The summed E-state index contributed by atoms with van der Waals surface area (Å²) in [6, 6.07) is 29.4. The van der Waals surface area contributed by atoms with E-state index in [0.717, 1.165) is 92.7 Å². The van der Waals surface area contributed by atoms with Crippen LogP contribution in [0.1, 0.15) is 284 Å². The van der Waals surface area contributed by atoms with Gasteiger partial charge < -0.3 is 18.6 Å². The van der Waals surface area contributed by atoms with Crippen molar-refractivity contribution in [3.8, 4) is 10.8 Å². The highest BCUT2D eigenvalue weighted by atomic mass is 32.1. The lowest BCUT2D eigenvalue weighted by Gasteiger charge is -2.26. The average Bonchev–Trinajstić information content (AvgIpc) is 1.65. The number of nitrogens with zero attached hydrogens (tertiary/aromatic N) is 13. The number of hydrogen-bond acceptors (Lipinski definition) is 14. The molecule has 0 radical (unpaired) electrons. The molecule has 2 aromatic carbocycles. The first-order chi connectivity index (χ1) is 53.5. The van der Waals surface area contributed by atoms with E-state index < -0.39 is 0 Å². The Hall–Kier alpha value is -7.68. The summed E-state index contributed by atoms with van der Waals surface area (Å²) in [5, 5.41) is 20.1. The Labute approximate surface area is 716 Å². The summed E-state index contributed by atoms with van der Waals surface area (Å²) >= 11 is 3.42. The van der Waals surface area contributed by atoms with Crippen LogP contribution in [0.15, 0.2) is 180 Å². The fourth-order valence-corrected chi connectivity index (χ4v) is 10.6. The van der Waals surface area contributed by atoms with Crippen molar-refractivity contribution >= 4 is 22.7 Å². The first-order valence-electron chi connectivity index (χ1n) is 41.5. The molecule has 10 aromatic rings. The predicted octanol–water partition coefficient (Wildman–Crippen LogP) is 26.3. The highest BCUT2D eigenvalue weighted by molar-refractivity contribution is 7.12. The van der Waals surface area contributed by atoms with Gasteiger partial charge in [-0.3, -0.25) is 23.6 Å². The Morgan fingerprint density at radius 3 is 1.32 bits per heavy atom. The maximum Gasteiger partial charge on any atom is 0.250 e. The van der Waals surface area contributed by atoms with E-state index in [-0.39, 0.29) is 21.8 Å². The van der Waals surface area contributed by atoms with Gasteiger partial charge >= 0.3 is 0 Å². The number of aryl methyl sites for hydroxylation is 6. The first-order valence-corrected chi connectivity index (χ1v) is 43.2. The normalized spacial score (nSPS) is 12.4. The van der Waals surface area contributed by atoms with Crippen LogP contribution in [-0.4, -0.2) is 110 Å². The van der Waals surface area contributed by atoms with Crippen molar-refractivity contribution in [3.05, 3.63) is 230 Å². The van der Waals surface area contributed by atoms with E-state index in [1.165, 1.54) is 26.7 Å². The van der Waals surface area contributed by atoms with E-state index >= 15 is 0 Å². The van der Waals surface area contributed by atoms with E-state index in [4.69, 9.17) is 14.0 Å². The zero-order chi connectivity index (χ0) is 89.7. The summed E-state index contributed by atoms with van der Waals surface area (Å²) < 4.78 is 24.6. The minimum Gasteiger partial charge on any atom is -0.379 e. The van der Waals surface area contributed by atoms with E-state index in [9.17, 15) is 4.79 Å². The summed E-state index contributed by atoms with van der Waals surface area (Å²) in [5.41, 5.74) is 9.87. The molecule has 8 aromatic heterocycles. The quantitative estimate of drug-likeness (QED) is 0.139. The number of morpholine rings is 1. The minimum atomic E-state index is 0.0480. The number of thiazole rings is 2. The number of rotatable bonds is 7. The molecular formula is C97H165N13O4S2. The number of benzene rings is 2. The number of para-hydroxylation sites is 1. The maximum absolute atomic E-state index is 11.9. The molecule has 0 aliphatic carbocycles. The fraction of sp³-hybridized carbons (Fsp3) is 0.588. The molecule has 1 fully saturated rings. The van der Waals surface area contributed by atoms with Crippen LogP contribution in [0.25, 0.3) is 10.8 Å².